The van der Waals surface area contributed by atoms with E-state index in [0.717, 1.165) is 13.1 Å². The van der Waals surface area contributed by atoms with Crippen LogP contribution in [-0.2, 0) is 0 Å². The predicted octanol–water partition coefficient (Wildman–Crippen LogP) is 4.36. The average molecular weight is 302 g/mol. The Balaban J connectivity index is 1.72. The lowest BCUT2D eigenvalue weighted by molar-refractivity contribution is 0.525. The molecule has 0 saturated carbocycles. The van der Waals surface area contributed by atoms with Crippen molar-refractivity contribution >= 4 is 21.6 Å². The second-order valence-electron chi connectivity index (χ2n) is 5.00. The summed E-state index contributed by atoms with van der Waals surface area (Å²) in [5.74, 6) is 0.686. The fourth-order valence-electron chi connectivity index (χ4n) is 2.53. The number of hydrogen-bond donors (Lipinski definition) is 0. The van der Waals surface area contributed by atoms with Crippen LogP contribution in [-0.4, -0.2) is 13.1 Å². The zero-order valence-corrected chi connectivity index (χ0v) is 12.0. The molecule has 18 heavy (non-hydrogen) atoms. The Morgan fingerprint density at radius 2 is 1.78 bits per heavy atom. The Morgan fingerprint density at radius 3 is 2.44 bits per heavy atom. The first-order chi connectivity index (χ1) is 8.72. The molecule has 0 aliphatic carbocycles. The van der Waals surface area contributed by atoms with Gasteiger partial charge in [-0.3, -0.25) is 0 Å². The standard InChI is InChI=1S/C16H16BrN/c1-12-7-15(17)9-16(8-12)18-10-14(11-18)13-5-3-2-4-6-13/h2-9,14H,10-11H2,1H3. The number of hydrogen-bond acceptors (Lipinski definition) is 1. The van der Waals surface area contributed by atoms with E-state index in [1.54, 1.807) is 0 Å². The monoisotopic (exact) mass is 301 g/mol. The van der Waals surface area contributed by atoms with Crippen LogP contribution in [0.15, 0.2) is 53.0 Å². The van der Waals surface area contributed by atoms with Gasteiger partial charge in [-0.25, -0.2) is 0 Å². The molecular formula is C16H16BrN. The van der Waals surface area contributed by atoms with Crippen molar-refractivity contribution in [2.75, 3.05) is 18.0 Å². The molecule has 0 atom stereocenters. The van der Waals surface area contributed by atoms with Gasteiger partial charge in [0.15, 0.2) is 0 Å². The topological polar surface area (TPSA) is 3.24 Å². The summed E-state index contributed by atoms with van der Waals surface area (Å²) in [6.45, 7) is 4.39. The number of aryl methyl sites for hydroxylation is 1. The molecule has 2 aromatic carbocycles. The molecule has 0 unspecified atom stereocenters. The van der Waals surface area contributed by atoms with E-state index in [0.29, 0.717) is 5.92 Å². The molecule has 2 heteroatoms. The fraction of sp³-hybridized carbons (Fsp3) is 0.250. The Hall–Kier alpha value is -1.28. The lowest BCUT2D eigenvalue weighted by Gasteiger charge is -2.41. The van der Waals surface area contributed by atoms with E-state index in [1.165, 1.54) is 21.3 Å². The normalized spacial score (nSPS) is 15.6. The second kappa shape index (κ2) is 4.77. The lowest BCUT2D eigenvalue weighted by atomic mass is 9.91. The van der Waals surface area contributed by atoms with Crippen LogP contribution in [0.5, 0.6) is 0 Å². The molecule has 0 spiro atoms. The third-order valence-electron chi connectivity index (χ3n) is 3.54. The lowest BCUT2D eigenvalue weighted by Crippen LogP contribution is -2.45. The van der Waals surface area contributed by atoms with Crippen molar-refractivity contribution in [3.8, 4) is 0 Å². The van der Waals surface area contributed by atoms with Gasteiger partial charge < -0.3 is 4.90 Å². The Morgan fingerprint density at radius 1 is 1.06 bits per heavy atom. The van der Waals surface area contributed by atoms with Gasteiger partial charge in [0.25, 0.3) is 0 Å². The molecule has 1 nitrogen and oxygen atoms in total. The van der Waals surface area contributed by atoms with Crippen LogP contribution in [0.3, 0.4) is 0 Å². The highest BCUT2D eigenvalue weighted by Gasteiger charge is 2.28. The van der Waals surface area contributed by atoms with Crippen molar-refractivity contribution in [1.29, 1.82) is 0 Å². The summed E-state index contributed by atoms with van der Waals surface area (Å²) >= 11 is 3.57. The maximum absolute atomic E-state index is 3.57. The fourth-order valence-corrected chi connectivity index (χ4v) is 3.12. The first-order valence-corrected chi connectivity index (χ1v) is 7.09. The average Bonchev–Trinajstić information content (AvgIpc) is 2.27. The Kier molecular flexibility index (Phi) is 3.13. The quantitative estimate of drug-likeness (QED) is 0.796. The van der Waals surface area contributed by atoms with E-state index in [2.05, 4.69) is 76.3 Å². The largest absolute Gasteiger partial charge is 0.370 e. The molecular weight excluding hydrogens is 286 g/mol. The Labute approximate surface area is 117 Å². The number of anilines is 1. The van der Waals surface area contributed by atoms with Gasteiger partial charge in [0, 0.05) is 29.2 Å². The van der Waals surface area contributed by atoms with Crippen molar-refractivity contribution in [2.24, 2.45) is 0 Å². The maximum atomic E-state index is 3.57. The molecule has 0 bridgehead atoms. The number of rotatable bonds is 2. The van der Waals surface area contributed by atoms with Gasteiger partial charge >= 0.3 is 0 Å². The third kappa shape index (κ3) is 2.30. The van der Waals surface area contributed by atoms with Crippen LogP contribution in [0.25, 0.3) is 0 Å². The van der Waals surface area contributed by atoms with Gasteiger partial charge in [-0.15, -0.1) is 0 Å². The van der Waals surface area contributed by atoms with Gasteiger partial charge in [-0.05, 0) is 36.2 Å². The minimum atomic E-state index is 0.686. The first-order valence-electron chi connectivity index (χ1n) is 6.29. The highest BCUT2D eigenvalue weighted by molar-refractivity contribution is 9.10. The van der Waals surface area contributed by atoms with E-state index >= 15 is 0 Å². The SMILES string of the molecule is Cc1cc(Br)cc(N2CC(c3ccccc3)C2)c1. The molecule has 0 aromatic heterocycles. The van der Waals surface area contributed by atoms with Crippen LogP contribution < -0.4 is 4.90 Å². The highest BCUT2D eigenvalue weighted by Crippen LogP contribution is 2.33. The molecule has 1 fully saturated rings. The molecule has 3 rings (SSSR count). The minimum absolute atomic E-state index is 0.686. The van der Waals surface area contributed by atoms with E-state index < -0.39 is 0 Å². The highest BCUT2D eigenvalue weighted by atomic mass is 79.9. The summed E-state index contributed by atoms with van der Waals surface area (Å²) in [7, 11) is 0. The molecule has 1 aliphatic rings. The predicted molar refractivity (Wildman–Crippen MR) is 80.3 cm³/mol. The molecule has 0 radical (unpaired) electrons. The van der Waals surface area contributed by atoms with Gasteiger partial charge in [-0.2, -0.15) is 0 Å². The number of nitrogens with zero attached hydrogens (tertiary/aromatic N) is 1. The Bertz CT molecular complexity index is 524. The smallest absolute Gasteiger partial charge is 0.0380 e. The van der Waals surface area contributed by atoms with Gasteiger partial charge in [0.2, 0.25) is 0 Å². The van der Waals surface area contributed by atoms with Gasteiger partial charge in [0.1, 0.15) is 0 Å². The number of halogens is 1. The van der Waals surface area contributed by atoms with Crippen LogP contribution in [0.4, 0.5) is 5.69 Å². The summed E-state index contributed by atoms with van der Waals surface area (Å²) in [4.78, 5) is 2.44. The van der Waals surface area contributed by atoms with E-state index in [9.17, 15) is 0 Å². The van der Waals surface area contributed by atoms with Gasteiger partial charge in [0.05, 0.1) is 0 Å². The molecule has 1 heterocycles. The summed E-state index contributed by atoms with van der Waals surface area (Å²) < 4.78 is 1.17. The van der Waals surface area contributed by atoms with Crippen molar-refractivity contribution in [3.05, 3.63) is 64.1 Å². The van der Waals surface area contributed by atoms with E-state index in [1.807, 2.05) is 0 Å². The van der Waals surface area contributed by atoms with Crippen LogP contribution >= 0.6 is 15.9 Å². The molecule has 92 valence electrons. The zero-order chi connectivity index (χ0) is 12.5. The first kappa shape index (κ1) is 11.8. The van der Waals surface area contributed by atoms with Crippen molar-refractivity contribution in [1.82, 2.24) is 0 Å². The molecule has 0 N–H and O–H groups in total. The zero-order valence-electron chi connectivity index (χ0n) is 10.4. The second-order valence-corrected chi connectivity index (χ2v) is 5.92. The molecule has 1 saturated heterocycles. The summed E-state index contributed by atoms with van der Waals surface area (Å²) in [6.07, 6.45) is 0. The van der Waals surface area contributed by atoms with Crippen LogP contribution in [0.1, 0.15) is 17.0 Å². The minimum Gasteiger partial charge on any atom is -0.370 e. The summed E-state index contributed by atoms with van der Waals surface area (Å²) in [6, 6.07) is 17.4. The third-order valence-corrected chi connectivity index (χ3v) is 4.00. The van der Waals surface area contributed by atoms with Gasteiger partial charge in [-0.1, -0.05) is 46.3 Å². The van der Waals surface area contributed by atoms with Crippen LogP contribution in [0, 0.1) is 6.92 Å². The summed E-state index contributed by atoms with van der Waals surface area (Å²) in [5.41, 5.74) is 4.09. The molecule has 0 amide bonds. The van der Waals surface area contributed by atoms with E-state index in [4.69, 9.17) is 0 Å². The van der Waals surface area contributed by atoms with E-state index in [-0.39, 0.29) is 0 Å². The molecule has 2 aromatic rings. The maximum Gasteiger partial charge on any atom is 0.0380 e. The van der Waals surface area contributed by atoms with Crippen molar-refractivity contribution in [3.63, 3.8) is 0 Å². The number of benzene rings is 2. The summed E-state index contributed by atoms with van der Waals surface area (Å²) in [5, 5.41) is 0. The van der Waals surface area contributed by atoms with Crippen molar-refractivity contribution < 1.29 is 0 Å². The molecule has 1 aliphatic heterocycles. The van der Waals surface area contributed by atoms with Crippen molar-refractivity contribution in [2.45, 2.75) is 12.8 Å². The van der Waals surface area contributed by atoms with Crippen LogP contribution in [0.2, 0.25) is 0 Å².